The van der Waals surface area contributed by atoms with E-state index in [0.29, 0.717) is 5.92 Å². The Morgan fingerprint density at radius 3 is 3.00 bits per heavy atom. The van der Waals surface area contributed by atoms with Crippen LogP contribution < -0.4 is 5.32 Å². The predicted molar refractivity (Wildman–Crippen MR) is 59.5 cm³/mol. The van der Waals surface area contributed by atoms with Gasteiger partial charge in [0.25, 0.3) is 0 Å². The van der Waals surface area contributed by atoms with Crippen molar-refractivity contribution < 1.29 is 9.13 Å². The van der Waals surface area contributed by atoms with Gasteiger partial charge < -0.3 is 10.1 Å². The highest BCUT2D eigenvalue weighted by molar-refractivity contribution is 5.11. The number of nitrogens with one attached hydrogen (secondary N) is 1. The molecule has 0 radical (unpaired) electrons. The van der Waals surface area contributed by atoms with Crippen molar-refractivity contribution in [2.75, 3.05) is 20.3 Å². The number of nitrogens with zero attached hydrogens (tertiary/aromatic N) is 1. The van der Waals surface area contributed by atoms with Crippen molar-refractivity contribution >= 4 is 0 Å². The molecule has 1 aliphatic rings. The molecule has 1 fully saturated rings. The summed E-state index contributed by atoms with van der Waals surface area (Å²) >= 11 is 0. The zero-order chi connectivity index (χ0) is 11.4. The molecule has 4 heteroatoms. The number of aromatic nitrogens is 1. The van der Waals surface area contributed by atoms with E-state index in [1.54, 1.807) is 6.07 Å². The van der Waals surface area contributed by atoms with Crippen LogP contribution in [0.15, 0.2) is 18.3 Å². The number of hydrogen-bond acceptors (Lipinski definition) is 3. The standard InChI is InChI=1S/C12H17FN2O/c1-14-12(9-3-2-6-16-8-9)11-5-4-10(13)7-15-11/h4-5,7,9,12,14H,2-3,6,8H2,1H3. The first kappa shape index (κ1) is 11.5. The van der Waals surface area contributed by atoms with Crippen LogP contribution in [0.5, 0.6) is 0 Å². The number of ether oxygens (including phenoxy) is 1. The van der Waals surface area contributed by atoms with Gasteiger partial charge in [0.2, 0.25) is 0 Å². The molecular weight excluding hydrogens is 207 g/mol. The Morgan fingerprint density at radius 2 is 2.44 bits per heavy atom. The maximum atomic E-state index is 12.8. The first-order valence-electron chi connectivity index (χ1n) is 5.67. The van der Waals surface area contributed by atoms with Crippen LogP contribution in [-0.4, -0.2) is 25.2 Å². The third-order valence-corrected chi connectivity index (χ3v) is 3.05. The van der Waals surface area contributed by atoms with Crippen molar-refractivity contribution in [3.63, 3.8) is 0 Å². The number of pyridine rings is 1. The van der Waals surface area contributed by atoms with Crippen molar-refractivity contribution in [2.24, 2.45) is 5.92 Å². The SMILES string of the molecule is CNC(c1ccc(F)cn1)C1CCCOC1. The van der Waals surface area contributed by atoms with Crippen molar-refractivity contribution in [2.45, 2.75) is 18.9 Å². The molecule has 1 N–H and O–H groups in total. The zero-order valence-electron chi connectivity index (χ0n) is 9.45. The summed E-state index contributed by atoms with van der Waals surface area (Å²) in [6.07, 6.45) is 3.48. The van der Waals surface area contributed by atoms with Crippen LogP contribution in [-0.2, 0) is 4.74 Å². The predicted octanol–water partition coefficient (Wildman–Crippen LogP) is 1.91. The van der Waals surface area contributed by atoms with Crippen LogP contribution in [0.4, 0.5) is 4.39 Å². The van der Waals surface area contributed by atoms with Crippen LogP contribution in [0.25, 0.3) is 0 Å². The third kappa shape index (κ3) is 2.57. The molecule has 0 aromatic carbocycles. The second-order valence-corrected chi connectivity index (χ2v) is 4.14. The van der Waals surface area contributed by atoms with Crippen LogP contribution >= 0.6 is 0 Å². The Morgan fingerprint density at radius 1 is 1.56 bits per heavy atom. The molecule has 1 aromatic heterocycles. The molecule has 1 saturated heterocycles. The highest BCUT2D eigenvalue weighted by Gasteiger charge is 2.25. The molecule has 1 aromatic rings. The van der Waals surface area contributed by atoms with E-state index in [4.69, 9.17) is 4.74 Å². The Balaban J connectivity index is 2.11. The molecule has 2 atom stereocenters. The normalized spacial score (nSPS) is 23.0. The number of halogens is 1. The summed E-state index contributed by atoms with van der Waals surface area (Å²) < 4.78 is 18.3. The van der Waals surface area contributed by atoms with Crippen LogP contribution in [0, 0.1) is 11.7 Å². The van der Waals surface area contributed by atoms with E-state index in [2.05, 4.69) is 10.3 Å². The highest BCUT2D eigenvalue weighted by atomic mass is 19.1. The van der Waals surface area contributed by atoms with Crippen LogP contribution in [0.3, 0.4) is 0 Å². The zero-order valence-corrected chi connectivity index (χ0v) is 9.45. The molecule has 1 aliphatic heterocycles. The minimum absolute atomic E-state index is 0.154. The van der Waals surface area contributed by atoms with Crippen molar-refractivity contribution in [1.82, 2.24) is 10.3 Å². The Kier molecular flexibility index (Phi) is 3.85. The van der Waals surface area contributed by atoms with Gasteiger partial charge in [-0.3, -0.25) is 4.98 Å². The number of hydrogen-bond donors (Lipinski definition) is 1. The molecule has 2 unspecified atom stereocenters. The fourth-order valence-corrected chi connectivity index (χ4v) is 2.22. The van der Waals surface area contributed by atoms with E-state index in [1.165, 1.54) is 12.3 Å². The maximum absolute atomic E-state index is 12.8. The molecule has 0 amide bonds. The summed E-state index contributed by atoms with van der Waals surface area (Å²) in [5.74, 6) is 0.134. The topological polar surface area (TPSA) is 34.2 Å². The van der Waals surface area contributed by atoms with Gasteiger partial charge in [-0.1, -0.05) is 0 Å². The summed E-state index contributed by atoms with van der Waals surface area (Å²) in [7, 11) is 1.91. The Labute approximate surface area is 95.0 Å². The second kappa shape index (κ2) is 5.37. The van der Waals surface area contributed by atoms with Gasteiger partial charge in [0.05, 0.1) is 24.5 Å². The summed E-state index contributed by atoms with van der Waals surface area (Å²) in [6.45, 7) is 1.61. The van der Waals surface area contributed by atoms with Crippen LogP contribution in [0.2, 0.25) is 0 Å². The first-order valence-corrected chi connectivity index (χ1v) is 5.67. The van der Waals surface area contributed by atoms with Crippen molar-refractivity contribution in [3.8, 4) is 0 Å². The monoisotopic (exact) mass is 224 g/mol. The molecule has 0 aliphatic carbocycles. The van der Waals surface area contributed by atoms with Gasteiger partial charge in [-0.25, -0.2) is 4.39 Å². The van der Waals surface area contributed by atoms with Crippen molar-refractivity contribution in [3.05, 3.63) is 29.8 Å². The summed E-state index contributed by atoms with van der Waals surface area (Å²) in [5.41, 5.74) is 0.888. The lowest BCUT2D eigenvalue weighted by Crippen LogP contribution is -2.32. The molecular formula is C12H17FN2O. The van der Waals surface area contributed by atoms with Crippen molar-refractivity contribution in [1.29, 1.82) is 0 Å². The average molecular weight is 224 g/mol. The smallest absolute Gasteiger partial charge is 0.141 e. The summed E-state index contributed by atoms with van der Waals surface area (Å²) in [6, 6.07) is 3.35. The molecule has 0 bridgehead atoms. The van der Waals surface area contributed by atoms with E-state index in [-0.39, 0.29) is 11.9 Å². The van der Waals surface area contributed by atoms with E-state index < -0.39 is 0 Å². The van der Waals surface area contributed by atoms with Gasteiger partial charge in [0, 0.05) is 12.5 Å². The molecule has 16 heavy (non-hydrogen) atoms. The van der Waals surface area contributed by atoms with E-state index >= 15 is 0 Å². The third-order valence-electron chi connectivity index (χ3n) is 3.05. The van der Waals surface area contributed by atoms with Gasteiger partial charge in [0.15, 0.2) is 0 Å². The average Bonchev–Trinajstić information content (AvgIpc) is 2.34. The fraction of sp³-hybridized carbons (Fsp3) is 0.583. The fourth-order valence-electron chi connectivity index (χ4n) is 2.22. The molecule has 88 valence electrons. The first-order chi connectivity index (χ1) is 7.81. The molecule has 0 spiro atoms. The van der Waals surface area contributed by atoms with Gasteiger partial charge in [-0.05, 0) is 32.0 Å². The minimum Gasteiger partial charge on any atom is -0.381 e. The molecule has 2 rings (SSSR count). The van der Waals surface area contributed by atoms with E-state index in [0.717, 1.165) is 31.7 Å². The summed E-state index contributed by atoms with van der Waals surface area (Å²) in [5, 5.41) is 3.24. The minimum atomic E-state index is -0.293. The maximum Gasteiger partial charge on any atom is 0.141 e. The van der Waals surface area contributed by atoms with Gasteiger partial charge in [0.1, 0.15) is 5.82 Å². The van der Waals surface area contributed by atoms with Crippen LogP contribution in [0.1, 0.15) is 24.6 Å². The summed E-state index contributed by atoms with van der Waals surface area (Å²) in [4.78, 5) is 4.13. The van der Waals surface area contributed by atoms with E-state index in [9.17, 15) is 4.39 Å². The lowest BCUT2D eigenvalue weighted by atomic mass is 9.91. The molecule has 3 nitrogen and oxygen atoms in total. The quantitative estimate of drug-likeness (QED) is 0.851. The van der Waals surface area contributed by atoms with Gasteiger partial charge in [-0.2, -0.15) is 0 Å². The van der Waals surface area contributed by atoms with Gasteiger partial charge >= 0.3 is 0 Å². The largest absolute Gasteiger partial charge is 0.381 e. The lowest BCUT2D eigenvalue weighted by Gasteiger charge is -2.29. The van der Waals surface area contributed by atoms with Gasteiger partial charge in [-0.15, -0.1) is 0 Å². The lowest BCUT2D eigenvalue weighted by molar-refractivity contribution is 0.0395. The molecule has 2 heterocycles. The Hall–Kier alpha value is -1.00. The number of rotatable bonds is 3. The van der Waals surface area contributed by atoms with E-state index in [1.807, 2.05) is 7.05 Å². The Bertz CT molecular complexity index is 322. The highest BCUT2D eigenvalue weighted by Crippen LogP contribution is 2.27. The molecule has 0 saturated carbocycles. The second-order valence-electron chi connectivity index (χ2n) is 4.14.